The van der Waals surface area contributed by atoms with Crippen LogP contribution in [0.25, 0.3) is 0 Å². The Balaban J connectivity index is 2.06. The summed E-state index contributed by atoms with van der Waals surface area (Å²) in [4.78, 5) is 4.32. The average molecular weight is 260 g/mol. The van der Waals surface area contributed by atoms with Crippen molar-refractivity contribution in [3.8, 4) is 0 Å². The van der Waals surface area contributed by atoms with Crippen LogP contribution >= 0.6 is 0 Å². The zero-order valence-corrected chi connectivity index (χ0v) is 10.6. The van der Waals surface area contributed by atoms with Crippen LogP contribution in [0.2, 0.25) is 0 Å². The molecule has 1 aliphatic heterocycles. The number of aromatic nitrogens is 2. The van der Waals surface area contributed by atoms with Crippen LogP contribution in [0.1, 0.15) is 30.1 Å². The third-order valence-electron chi connectivity index (χ3n) is 3.70. The molecule has 100 valence electrons. The lowest BCUT2D eigenvalue weighted by Crippen LogP contribution is -2.36. The summed E-state index contributed by atoms with van der Waals surface area (Å²) in [6, 6.07) is 10.2. The zero-order valence-electron chi connectivity index (χ0n) is 10.6. The van der Waals surface area contributed by atoms with E-state index in [1.807, 2.05) is 18.2 Å². The van der Waals surface area contributed by atoms with Crippen LogP contribution in [-0.2, 0) is 16.8 Å². The van der Waals surface area contributed by atoms with Crippen molar-refractivity contribution in [1.82, 2.24) is 10.1 Å². The minimum Gasteiger partial charge on any atom is -0.387 e. The second kappa shape index (κ2) is 5.11. The van der Waals surface area contributed by atoms with E-state index in [1.165, 1.54) is 5.56 Å². The van der Waals surface area contributed by atoms with Crippen LogP contribution in [0.4, 0.5) is 0 Å². The van der Waals surface area contributed by atoms with E-state index in [2.05, 4.69) is 22.3 Å². The van der Waals surface area contributed by atoms with Gasteiger partial charge >= 0.3 is 0 Å². The summed E-state index contributed by atoms with van der Waals surface area (Å²) in [5, 5.41) is 13.1. The van der Waals surface area contributed by atoms with E-state index in [4.69, 9.17) is 14.4 Å². The lowest BCUT2D eigenvalue weighted by atomic mass is 9.73. The number of hydrogen-bond donors (Lipinski definition) is 1. The number of rotatable bonds is 3. The molecule has 0 saturated carbocycles. The summed E-state index contributed by atoms with van der Waals surface area (Å²) in [5.41, 5.74) is 0.903. The number of nitrogens with zero attached hydrogens (tertiary/aromatic N) is 2. The van der Waals surface area contributed by atoms with Crippen molar-refractivity contribution >= 4 is 0 Å². The van der Waals surface area contributed by atoms with Crippen LogP contribution in [0.3, 0.4) is 0 Å². The Bertz CT molecular complexity index is 533. The van der Waals surface area contributed by atoms with Crippen LogP contribution in [0.5, 0.6) is 0 Å². The molecule has 0 unspecified atom stereocenters. The highest BCUT2D eigenvalue weighted by Crippen LogP contribution is 2.39. The van der Waals surface area contributed by atoms with Gasteiger partial charge in [-0.25, -0.2) is 0 Å². The molecule has 0 spiro atoms. The first-order valence-electron chi connectivity index (χ1n) is 6.42. The minimum atomic E-state index is -0.267. The normalized spacial score (nSPS) is 18.4. The first kappa shape index (κ1) is 12.3. The molecular formula is C14H16N2O3. The molecular weight excluding hydrogens is 244 g/mol. The van der Waals surface area contributed by atoms with E-state index in [1.54, 1.807) is 0 Å². The van der Waals surface area contributed by atoms with E-state index in [0.717, 1.165) is 12.8 Å². The van der Waals surface area contributed by atoms with Gasteiger partial charge < -0.3 is 14.4 Å². The summed E-state index contributed by atoms with van der Waals surface area (Å²) in [6.07, 6.45) is 1.64. The van der Waals surface area contributed by atoms with Crippen molar-refractivity contribution in [3.05, 3.63) is 47.6 Å². The fourth-order valence-electron chi connectivity index (χ4n) is 2.63. The Kier molecular flexibility index (Phi) is 3.31. The van der Waals surface area contributed by atoms with Crippen molar-refractivity contribution in [2.75, 3.05) is 13.2 Å². The van der Waals surface area contributed by atoms with Gasteiger partial charge in [-0.15, -0.1) is 0 Å². The summed E-state index contributed by atoms with van der Waals surface area (Å²) in [5.74, 6) is 0.905. The van der Waals surface area contributed by atoms with Crippen molar-refractivity contribution in [3.63, 3.8) is 0 Å². The number of hydrogen-bond acceptors (Lipinski definition) is 5. The maximum atomic E-state index is 9.08. The number of aliphatic hydroxyl groups is 1. The topological polar surface area (TPSA) is 68.4 Å². The van der Waals surface area contributed by atoms with Gasteiger partial charge in [0.1, 0.15) is 6.61 Å². The molecule has 0 bridgehead atoms. The molecule has 19 heavy (non-hydrogen) atoms. The summed E-state index contributed by atoms with van der Waals surface area (Å²) in [6.45, 7) is 1.13. The van der Waals surface area contributed by atoms with E-state index in [0.29, 0.717) is 19.0 Å². The summed E-state index contributed by atoms with van der Waals surface area (Å²) in [7, 11) is 0. The van der Waals surface area contributed by atoms with Crippen molar-refractivity contribution in [1.29, 1.82) is 0 Å². The highest BCUT2D eigenvalue weighted by molar-refractivity contribution is 5.33. The Hall–Kier alpha value is -1.72. The third-order valence-corrected chi connectivity index (χ3v) is 3.70. The molecule has 5 heteroatoms. The lowest BCUT2D eigenvalue weighted by Gasteiger charge is -2.34. The number of ether oxygens (including phenoxy) is 1. The SMILES string of the molecule is OCc1nc(C2(c3ccccc3)CCOCC2)no1. The molecule has 1 aromatic carbocycles. The van der Waals surface area contributed by atoms with E-state index in [-0.39, 0.29) is 17.9 Å². The smallest absolute Gasteiger partial charge is 0.252 e. The Labute approximate surface area is 111 Å². The maximum absolute atomic E-state index is 9.08. The monoisotopic (exact) mass is 260 g/mol. The van der Waals surface area contributed by atoms with Crippen LogP contribution in [0.15, 0.2) is 34.9 Å². The Morgan fingerprint density at radius 3 is 2.53 bits per heavy atom. The maximum Gasteiger partial charge on any atom is 0.252 e. The van der Waals surface area contributed by atoms with Gasteiger partial charge in [-0.2, -0.15) is 4.98 Å². The van der Waals surface area contributed by atoms with Crippen LogP contribution in [0, 0.1) is 0 Å². The lowest BCUT2D eigenvalue weighted by molar-refractivity contribution is 0.0597. The van der Waals surface area contributed by atoms with E-state index >= 15 is 0 Å². The zero-order chi connectivity index (χ0) is 13.1. The predicted molar refractivity (Wildman–Crippen MR) is 67.5 cm³/mol. The van der Waals surface area contributed by atoms with Gasteiger partial charge in [-0.05, 0) is 18.4 Å². The number of benzene rings is 1. The molecule has 1 saturated heterocycles. The second-order valence-electron chi connectivity index (χ2n) is 4.73. The molecule has 2 aromatic rings. The van der Waals surface area contributed by atoms with Gasteiger partial charge in [-0.3, -0.25) is 0 Å². The fraction of sp³-hybridized carbons (Fsp3) is 0.429. The first-order valence-corrected chi connectivity index (χ1v) is 6.42. The van der Waals surface area contributed by atoms with Gasteiger partial charge in [-0.1, -0.05) is 35.5 Å². The highest BCUT2D eigenvalue weighted by atomic mass is 16.5. The molecule has 0 radical (unpaired) electrons. The molecule has 2 heterocycles. The standard InChI is InChI=1S/C14H16N2O3/c17-10-12-15-13(16-19-12)14(6-8-18-9-7-14)11-4-2-1-3-5-11/h1-5,17H,6-10H2. The molecule has 0 amide bonds. The van der Waals surface area contributed by atoms with Gasteiger partial charge in [0, 0.05) is 13.2 Å². The third kappa shape index (κ3) is 2.15. The number of aliphatic hydroxyl groups excluding tert-OH is 1. The van der Waals surface area contributed by atoms with Crippen molar-refractivity contribution in [2.24, 2.45) is 0 Å². The summed E-state index contributed by atoms with van der Waals surface area (Å²) >= 11 is 0. The average Bonchev–Trinajstić information content (AvgIpc) is 2.98. The molecule has 3 rings (SSSR count). The van der Waals surface area contributed by atoms with Gasteiger partial charge in [0.15, 0.2) is 5.82 Å². The minimum absolute atomic E-state index is 0.228. The quantitative estimate of drug-likeness (QED) is 0.909. The molecule has 1 aromatic heterocycles. The highest BCUT2D eigenvalue weighted by Gasteiger charge is 2.40. The fourth-order valence-corrected chi connectivity index (χ4v) is 2.63. The van der Waals surface area contributed by atoms with Crippen LogP contribution in [-0.4, -0.2) is 28.5 Å². The van der Waals surface area contributed by atoms with E-state index in [9.17, 15) is 0 Å². The molecule has 0 aliphatic carbocycles. The molecule has 1 fully saturated rings. The summed E-state index contributed by atoms with van der Waals surface area (Å²) < 4.78 is 10.5. The van der Waals surface area contributed by atoms with Crippen molar-refractivity contribution in [2.45, 2.75) is 24.9 Å². The largest absolute Gasteiger partial charge is 0.387 e. The predicted octanol–water partition coefficient (Wildman–Crippen LogP) is 1.66. The second-order valence-corrected chi connectivity index (χ2v) is 4.73. The van der Waals surface area contributed by atoms with Gasteiger partial charge in [0.2, 0.25) is 0 Å². The molecule has 0 atom stereocenters. The van der Waals surface area contributed by atoms with Gasteiger partial charge in [0.25, 0.3) is 5.89 Å². The first-order chi connectivity index (χ1) is 9.35. The molecule has 1 aliphatic rings. The Morgan fingerprint density at radius 2 is 1.89 bits per heavy atom. The Morgan fingerprint density at radius 1 is 1.16 bits per heavy atom. The van der Waals surface area contributed by atoms with Crippen LogP contribution < -0.4 is 0 Å². The van der Waals surface area contributed by atoms with E-state index < -0.39 is 0 Å². The molecule has 5 nitrogen and oxygen atoms in total. The van der Waals surface area contributed by atoms with Gasteiger partial charge in [0.05, 0.1) is 5.41 Å². The molecule has 1 N–H and O–H groups in total. The van der Waals surface area contributed by atoms with Crippen molar-refractivity contribution < 1.29 is 14.4 Å².